The number of H-pyrrole nitrogens is 1. The van der Waals surface area contributed by atoms with E-state index in [4.69, 9.17) is 10.5 Å². The molecule has 0 aliphatic carbocycles. The van der Waals surface area contributed by atoms with Gasteiger partial charge in [-0.2, -0.15) is 0 Å². The van der Waals surface area contributed by atoms with Crippen LogP contribution in [0.3, 0.4) is 0 Å². The van der Waals surface area contributed by atoms with Crippen LogP contribution < -0.4 is 15.8 Å². The molecule has 0 fully saturated rings. The number of fused-ring (bicyclic) bond motifs is 1. The Bertz CT molecular complexity index is 1150. The number of hydrogen-bond acceptors (Lipinski definition) is 4. The Kier molecular flexibility index (Phi) is 4.94. The second-order valence-electron chi connectivity index (χ2n) is 6.38. The molecule has 0 atom stereocenters. The number of carbonyl (C=O) groups is 2. The van der Waals surface area contributed by atoms with Gasteiger partial charge in [-0.15, -0.1) is 0 Å². The van der Waals surface area contributed by atoms with Gasteiger partial charge < -0.3 is 20.8 Å². The number of imidazole rings is 1. The zero-order valence-electron chi connectivity index (χ0n) is 15.4. The van der Waals surface area contributed by atoms with Crippen molar-refractivity contribution < 1.29 is 14.3 Å². The van der Waals surface area contributed by atoms with Gasteiger partial charge in [0.2, 0.25) is 0 Å². The van der Waals surface area contributed by atoms with Gasteiger partial charge in [-0.1, -0.05) is 24.3 Å². The first-order valence-electron chi connectivity index (χ1n) is 8.97. The van der Waals surface area contributed by atoms with E-state index in [-0.39, 0.29) is 12.5 Å². The maximum Gasteiger partial charge on any atom is 0.255 e. The predicted octanol–water partition coefficient (Wildman–Crippen LogP) is 3.35. The predicted molar refractivity (Wildman–Crippen MR) is 111 cm³/mol. The molecule has 0 aliphatic rings. The van der Waals surface area contributed by atoms with Crippen molar-refractivity contribution in [2.75, 3.05) is 11.9 Å². The van der Waals surface area contributed by atoms with Gasteiger partial charge in [0.1, 0.15) is 11.6 Å². The number of carbonyl (C=O) groups excluding carboxylic acids is 2. The van der Waals surface area contributed by atoms with Crippen molar-refractivity contribution in [3.05, 3.63) is 78.4 Å². The van der Waals surface area contributed by atoms with E-state index < -0.39 is 5.91 Å². The van der Waals surface area contributed by atoms with Crippen molar-refractivity contribution in [3.63, 3.8) is 0 Å². The number of nitrogens with zero attached hydrogens (tertiary/aromatic N) is 1. The Morgan fingerprint density at radius 2 is 1.69 bits per heavy atom. The van der Waals surface area contributed by atoms with E-state index in [0.717, 1.165) is 16.6 Å². The fourth-order valence-electron chi connectivity index (χ4n) is 2.93. The molecule has 7 heteroatoms. The van der Waals surface area contributed by atoms with Crippen LogP contribution in [0.5, 0.6) is 5.75 Å². The molecule has 29 heavy (non-hydrogen) atoms. The lowest BCUT2D eigenvalue weighted by molar-refractivity contribution is -0.119. The minimum absolute atomic E-state index is 0.212. The average Bonchev–Trinajstić information content (AvgIpc) is 3.17. The zero-order chi connectivity index (χ0) is 20.2. The average molecular weight is 386 g/mol. The molecule has 3 aromatic carbocycles. The summed E-state index contributed by atoms with van der Waals surface area (Å²) in [5.74, 6) is 0.310. The van der Waals surface area contributed by atoms with Gasteiger partial charge in [0.05, 0.1) is 16.7 Å². The van der Waals surface area contributed by atoms with Crippen LogP contribution in [0.4, 0.5) is 5.69 Å². The maximum absolute atomic E-state index is 12.7. The minimum Gasteiger partial charge on any atom is -0.484 e. The van der Waals surface area contributed by atoms with E-state index in [9.17, 15) is 9.59 Å². The van der Waals surface area contributed by atoms with Gasteiger partial charge in [-0.3, -0.25) is 9.59 Å². The third-order valence-corrected chi connectivity index (χ3v) is 4.32. The van der Waals surface area contributed by atoms with E-state index in [1.165, 1.54) is 0 Å². The van der Waals surface area contributed by atoms with Crippen LogP contribution in [0.2, 0.25) is 0 Å². The smallest absolute Gasteiger partial charge is 0.255 e. The molecule has 1 heterocycles. The number of anilines is 1. The van der Waals surface area contributed by atoms with Crippen molar-refractivity contribution in [2.24, 2.45) is 5.73 Å². The summed E-state index contributed by atoms with van der Waals surface area (Å²) in [5, 5.41) is 2.93. The van der Waals surface area contributed by atoms with E-state index >= 15 is 0 Å². The highest BCUT2D eigenvalue weighted by molar-refractivity contribution is 6.06. The van der Waals surface area contributed by atoms with E-state index in [2.05, 4.69) is 15.3 Å². The van der Waals surface area contributed by atoms with Crippen LogP contribution in [0.25, 0.3) is 22.4 Å². The monoisotopic (exact) mass is 386 g/mol. The third kappa shape index (κ3) is 4.08. The molecular weight excluding hydrogens is 368 g/mol. The lowest BCUT2D eigenvalue weighted by Gasteiger charge is -2.10. The largest absolute Gasteiger partial charge is 0.484 e. The van der Waals surface area contributed by atoms with E-state index in [1.54, 1.807) is 24.3 Å². The van der Waals surface area contributed by atoms with Gasteiger partial charge >= 0.3 is 0 Å². The van der Waals surface area contributed by atoms with Crippen LogP contribution in [0.1, 0.15) is 10.4 Å². The van der Waals surface area contributed by atoms with Crippen LogP contribution in [0, 0.1) is 0 Å². The number of aromatic amines is 1. The first-order chi connectivity index (χ1) is 14.1. The summed E-state index contributed by atoms with van der Waals surface area (Å²) in [6.45, 7) is -0.212. The fourth-order valence-corrected chi connectivity index (χ4v) is 2.93. The number of para-hydroxylation sites is 3. The second-order valence-corrected chi connectivity index (χ2v) is 6.38. The Morgan fingerprint density at radius 1 is 0.966 bits per heavy atom. The van der Waals surface area contributed by atoms with Crippen LogP contribution in [-0.4, -0.2) is 28.4 Å². The van der Waals surface area contributed by atoms with Crippen molar-refractivity contribution in [1.29, 1.82) is 0 Å². The molecule has 7 nitrogen and oxygen atoms in total. The normalized spacial score (nSPS) is 10.6. The molecule has 1 aromatic heterocycles. The number of ether oxygens (including phenoxy) is 1. The second kappa shape index (κ2) is 7.85. The third-order valence-electron chi connectivity index (χ3n) is 4.32. The van der Waals surface area contributed by atoms with Gasteiger partial charge in [0.25, 0.3) is 11.8 Å². The highest BCUT2D eigenvalue weighted by Crippen LogP contribution is 2.28. The molecule has 4 N–H and O–H groups in total. The molecule has 2 amide bonds. The number of nitrogens with one attached hydrogen (secondary N) is 2. The molecule has 0 aliphatic heterocycles. The Morgan fingerprint density at radius 3 is 2.45 bits per heavy atom. The lowest BCUT2D eigenvalue weighted by Crippen LogP contribution is -2.20. The molecule has 0 radical (unpaired) electrons. The Labute approximate surface area is 166 Å². The first kappa shape index (κ1) is 18.2. The van der Waals surface area contributed by atoms with Crippen molar-refractivity contribution in [1.82, 2.24) is 9.97 Å². The van der Waals surface area contributed by atoms with Gasteiger partial charge in [0, 0.05) is 11.1 Å². The summed E-state index contributed by atoms with van der Waals surface area (Å²) >= 11 is 0. The molecule has 144 valence electrons. The highest BCUT2D eigenvalue weighted by atomic mass is 16.5. The number of aromatic nitrogens is 2. The van der Waals surface area contributed by atoms with Gasteiger partial charge in [-0.25, -0.2) is 4.98 Å². The molecule has 0 spiro atoms. The molecule has 4 rings (SSSR count). The standard InChI is InChI=1S/C22H18N4O3/c23-20(27)13-29-15-11-9-14(10-12-15)22(28)26-17-6-2-1-5-16(17)21-24-18-7-3-4-8-19(18)25-21/h1-12H,13H2,(H2,23,27)(H,24,25)(H,26,28). The van der Waals surface area contributed by atoms with E-state index in [0.29, 0.717) is 22.8 Å². The summed E-state index contributed by atoms with van der Waals surface area (Å²) in [4.78, 5) is 31.4. The lowest BCUT2D eigenvalue weighted by atomic mass is 10.1. The summed E-state index contributed by atoms with van der Waals surface area (Å²) < 4.78 is 5.21. The van der Waals surface area contributed by atoms with Gasteiger partial charge in [0.15, 0.2) is 6.61 Å². The quantitative estimate of drug-likeness (QED) is 0.472. The topological polar surface area (TPSA) is 110 Å². The SMILES string of the molecule is NC(=O)COc1ccc(C(=O)Nc2ccccc2-c2nc3ccccc3[nH]2)cc1. The van der Waals surface area contributed by atoms with Crippen LogP contribution in [0.15, 0.2) is 72.8 Å². The highest BCUT2D eigenvalue weighted by Gasteiger charge is 2.13. The number of primary amides is 1. The van der Waals surface area contributed by atoms with Crippen LogP contribution >= 0.6 is 0 Å². The first-order valence-corrected chi connectivity index (χ1v) is 8.97. The summed E-state index contributed by atoms with van der Waals surface area (Å²) in [7, 11) is 0. The number of amides is 2. The number of hydrogen-bond donors (Lipinski definition) is 3. The summed E-state index contributed by atoms with van der Waals surface area (Å²) in [5.41, 5.74) is 8.73. The molecule has 0 unspecified atom stereocenters. The molecule has 0 saturated carbocycles. The Hall–Kier alpha value is -4.13. The number of benzene rings is 3. The Balaban J connectivity index is 1.55. The van der Waals surface area contributed by atoms with Crippen molar-refractivity contribution in [2.45, 2.75) is 0 Å². The minimum atomic E-state index is -0.561. The zero-order valence-corrected chi connectivity index (χ0v) is 15.4. The fraction of sp³-hybridized carbons (Fsp3) is 0.0455. The van der Waals surface area contributed by atoms with Crippen LogP contribution in [-0.2, 0) is 4.79 Å². The van der Waals surface area contributed by atoms with Crippen molar-refractivity contribution >= 4 is 28.5 Å². The molecule has 0 saturated heterocycles. The molecule has 0 bridgehead atoms. The van der Waals surface area contributed by atoms with Gasteiger partial charge in [-0.05, 0) is 48.5 Å². The summed E-state index contributed by atoms with van der Waals surface area (Å²) in [6.07, 6.45) is 0. The molecule has 4 aromatic rings. The summed E-state index contributed by atoms with van der Waals surface area (Å²) in [6, 6.07) is 21.7. The molecular formula is C22H18N4O3. The van der Waals surface area contributed by atoms with Crippen molar-refractivity contribution in [3.8, 4) is 17.1 Å². The maximum atomic E-state index is 12.7. The van der Waals surface area contributed by atoms with E-state index in [1.807, 2.05) is 48.5 Å². The number of rotatable bonds is 6. The number of nitrogens with two attached hydrogens (primary N) is 1.